The molecule has 0 saturated carbocycles. The summed E-state index contributed by atoms with van der Waals surface area (Å²) in [4.78, 5) is 2.45. The third-order valence-electron chi connectivity index (χ3n) is 3.23. The minimum absolute atomic E-state index is 0.177. The van der Waals surface area contributed by atoms with Crippen molar-refractivity contribution in [1.29, 1.82) is 0 Å². The largest absolute Gasteiger partial charge is 0.373 e. The zero-order chi connectivity index (χ0) is 12.1. The molecule has 2 unspecified atom stereocenters. The van der Waals surface area contributed by atoms with E-state index in [2.05, 4.69) is 35.2 Å². The summed E-state index contributed by atoms with van der Waals surface area (Å²) in [5, 5.41) is 0. The number of nitrogens with two attached hydrogens (primary N) is 1. The van der Waals surface area contributed by atoms with E-state index in [1.54, 1.807) is 0 Å². The third-order valence-corrected chi connectivity index (χ3v) is 3.23. The molecule has 0 spiro atoms. The first-order valence-corrected chi connectivity index (χ1v) is 6.39. The fourth-order valence-corrected chi connectivity index (χ4v) is 2.28. The van der Waals surface area contributed by atoms with Crippen molar-refractivity contribution < 1.29 is 4.74 Å². The van der Waals surface area contributed by atoms with Crippen LogP contribution in [0.4, 0.5) is 0 Å². The second kappa shape index (κ2) is 6.15. The number of hydrogen-bond donors (Lipinski definition) is 1. The molecule has 0 bridgehead atoms. The summed E-state index contributed by atoms with van der Waals surface area (Å²) >= 11 is 0. The highest BCUT2D eigenvalue weighted by Gasteiger charge is 2.24. The summed E-state index contributed by atoms with van der Waals surface area (Å²) in [5.41, 5.74) is 6.94. The molecule has 94 valence electrons. The Kier molecular flexibility index (Phi) is 4.54. The van der Waals surface area contributed by atoms with Crippen molar-refractivity contribution in [3.05, 3.63) is 35.9 Å². The number of rotatable bonds is 5. The molecule has 0 aromatic heterocycles. The first-order chi connectivity index (χ1) is 8.28. The summed E-state index contributed by atoms with van der Waals surface area (Å²) in [5.74, 6) is 0. The molecule has 1 aromatic rings. The van der Waals surface area contributed by atoms with Crippen LogP contribution in [0.3, 0.4) is 0 Å². The van der Waals surface area contributed by atoms with Crippen LogP contribution in [0.5, 0.6) is 0 Å². The van der Waals surface area contributed by atoms with Gasteiger partial charge in [0.15, 0.2) is 0 Å². The lowest BCUT2D eigenvalue weighted by Crippen LogP contribution is -2.29. The lowest BCUT2D eigenvalue weighted by Gasteiger charge is -2.18. The van der Waals surface area contributed by atoms with Crippen LogP contribution in [-0.2, 0) is 11.3 Å². The molecule has 3 nitrogen and oxygen atoms in total. The number of nitrogens with zero attached hydrogens (tertiary/aromatic N) is 1. The quantitative estimate of drug-likeness (QED) is 0.841. The van der Waals surface area contributed by atoms with E-state index in [4.69, 9.17) is 10.5 Å². The molecule has 2 atom stereocenters. The monoisotopic (exact) mass is 234 g/mol. The molecule has 1 heterocycles. The maximum absolute atomic E-state index is 5.86. The second-order valence-electron chi connectivity index (χ2n) is 4.81. The van der Waals surface area contributed by atoms with Gasteiger partial charge in [0.1, 0.15) is 0 Å². The van der Waals surface area contributed by atoms with E-state index in [1.807, 2.05) is 6.92 Å². The first-order valence-electron chi connectivity index (χ1n) is 6.39. The van der Waals surface area contributed by atoms with E-state index < -0.39 is 0 Å². The van der Waals surface area contributed by atoms with E-state index in [0.717, 1.165) is 26.1 Å². The highest BCUT2D eigenvalue weighted by molar-refractivity contribution is 5.14. The molecule has 0 amide bonds. The highest BCUT2D eigenvalue weighted by Crippen LogP contribution is 2.16. The summed E-state index contributed by atoms with van der Waals surface area (Å²) in [6.45, 7) is 5.82. The van der Waals surface area contributed by atoms with Gasteiger partial charge in [-0.1, -0.05) is 30.3 Å². The Morgan fingerprint density at radius 2 is 2.18 bits per heavy atom. The van der Waals surface area contributed by atoms with Crippen LogP contribution in [-0.4, -0.2) is 36.7 Å². The molecule has 17 heavy (non-hydrogen) atoms. The number of benzene rings is 1. The fraction of sp³-hybridized carbons (Fsp3) is 0.571. The van der Waals surface area contributed by atoms with Gasteiger partial charge >= 0.3 is 0 Å². The van der Waals surface area contributed by atoms with Crippen molar-refractivity contribution in [1.82, 2.24) is 4.90 Å². The van der Waals surface area contributed by atoms with Crippen molar-refractivity contribution in [3.63, 3.8) is 0 Å². The molecule has 1 aliphatic rings. The normalized spacial score (nSPS) is 22.8. The predicted octanol–water partition coefficient (Wildman–Crippen LogP) is 1.62. The van der Waals surface area contributed by atoms with Gasteiger partial charge in [-0.05, 0) is 18.9 Å². The van der Waals surface area contributed by atoms with Gasteiger partial charge in [-0.2, -0.15) is 0 Å². The summed E-state index contributed by atoms with van der Waals surface area (Å²) in [7, 11) is 0. The van der Waals surface area contributed by atoms with E-state index in [1.165, 1.54) is 5.56 Å². The van der Waals surface area contributed by atoms with E-state index in [9.17, 15) is 0 Å². The molecule has 1 aliphatic heterocycles. The van der Waals surface area contributed by atoms with Gasteiger partial charge in [0.05, 0.1) is 12.2 Å². The maximum atomic E-state index is 5.86. The first kappa shape index (κ1) is 12.6. The van der Waals surface area contributed by atoms with Crippen molar-refractivity contribution in [2.24, 2.45) is 5.73 Å². The van der Waals surface area contributed by atoms with E-state index >= 15 is 0 Å². The third kappa shape index (κ3) is 3.80. The summed E-state index contributed by atoms with van der Waals surface area (Å²) in [6.07, 6.45) is 1.66. The van der Waals surface area contributed by atoms with Gasteiger partial charge in [0.25, 0.3) is 0 Å². The zero-order valence-corrected chi connectivity index (χ0v) is 10.5. The standard InChI is InChI=1S/C14H22N2O/c1-12(9-15)17-14-7-8-16(11-14)10-13-5-3-2-4-6-13/h2-6,12,14H,7-11,15H2,1H3. The Morgan fingerprint density at radius 1 is 1.41 bits per heavy atom. The van der Waals surface area contributed by atoms with Crippen LogP contribution < -0.4 is 5.73 Å². The SMILES string of the molecule is CC(CN)OC1CCN(Cc2ccccc2)C1. The van der Waals surface area contributed by atoms with Crippen LogP contribution >= 0.6 is 0 Å². The zero-order valence-electron chi connectivity index (χ0n) is 10.5. The van der Waals surface area contributed by atoms with Crippen LogP contribution in [0.25, 0.3) is 0 Å². The van der Waals surface area contributed by atoms with Crippen molar-refractivity contribution in [2.45, 2.75) is 32.1 Å². The van der Waals surface area contributed by atoms with Gasteiger partial charge in [-0.25, -0.2) is 0 Å². The Morgan fingerprint density at radius 3 is 2.88 bits per heavy atom. The van der Waals surface area contributed by atoms with Gasteiger partial charge in [0.2, 0.25) is 0 Å². The van der Waals surface area contributed by atoms with Crippen LogP contribution in [0.1, 0.15) is 18.9 Å². The smallest absolute Gasteiger partial charge is 0.0718 e. The Balaban J connectivity index is 1.78. The molecule has 2 N–H and O–H groups in total. The van der Waals surface area contributed by atoms with Crippen LogP contribution in [0, 0.1) is 0 Å². The molecule has 0 aliphatic carbocycles. The lowest BCUT2D eigenvalue weighted by atomic mass is 10.2. The van der Waals surface area contributed by atoms with Crippen molar-refractivity contribution in [3.8, 4) is 0 Å². The number of likely N-dealkylation sites (tertiary alicyclic amines) is 1. The Bertz CT molecular complexity index is 328. The highest BCUT2D eigenvalue weighted by atomic mass is 16.5. The maximum Gasteiger partial charge on any atom is 0.0718 e. The molecule has 1 saturated heterocycles. The van der Waals surface area contributed by atoms with E-state index in [-0.39, 0.29) is 6.10 Å². The average molecular weight is 234 g/mol. The predicted molar refractivity (Wildman–Crippen MR) is 69.7 cm³/mol. The Labute approximate surface area is 104 Å². The molecule has 3 heteroatoms. The van der Waals surface area contributed by atoms with Crippen LogP contribution in [0.2, 0.25) is 0 Å². The van der Waals surface area contributed by atoms with Crippen molar-refractivity contribution in [2.75, 3.05) is 19.6 Å². The molecule has 0 radical (unpaired) electrons. The number of ether oxygens (including phenoxy) is 1. The average Bonchev–Trinajstić information content (AvgIpc) is 2.77. The van der Waals surface area contributed by atoms with Gasteiger partial charge in [-0.15, -0.1) is 0 Å². The summed E-state index contributed by atoms with van der Waals surface area (Å²) < 4.78 is 5.86. The van der Waals surface area contributed by atoms with Crippen LogP contribution in [0.15, 0.2) is 30.3 Å². The molecular formula is C14H22N2O. The molecule has 1 aromatic carbocycles. The Hall–Kier alpha value is -0.900. The van der Waals surface area contributed by atoms with Gasteiger partial charge in [-0.3, -0.25) is 4.90 Å². The topological polar surface area (TPSA) is 38.5 Å². The summed E-state index contributed by atoms with van der Waals surface area (Å²) in [6, 6.07) is 10.6. The fourth-order valence-electron chi connectivity index (χ4n) is 2.28. The minimum Gasteiger partial charge on any atom is -0.373 e. The van der Waals surface area contributed by atoms with E-state index in [0.29, 0.717) is 12.6 Å². The second-order valence-corrected chi connectivity index (χ2v) is 4.81. The molecular weight excluding hydrogens is 212 g/mol. The van der Waals surface area contributed by atoms with Crippen molar-refractivity contribution >= 4 is 0 Å². The lowest BCUT2D eigenvalue weighted by molar-refractivity contribution is 0.00856. The number of hydrogen-bond acceptors (Lipinski definition) is 3. The minimum atomic E-state index is 0.177. The van der Waals surface area contributed by atoms with Gasteiger partial charge < -0.3 is 10.5 Å². The van der Waals surface area contributed by atoms with Gasteiger partial charge in [0, 0.05) is 26.2 Å². The molecule has 2 rings (SSSR count). The molecule has 1 fully saturated rings.